The van der Waals surface area contributed by atoms with Crippen LogP contribution in [0, 0.1) is 0 Å². The van der Waals surface area contributed by atoms with Crippen molar-refractivity contribution in [2.75, 3.05) is 0 Å². The maximum Gasteiger partial charge on any atom is 0.260 e. The number of nitrogens with one attached hydrogen (secondary N) is 1. The summed E-state index contributed by atoms with van der Waals surface area (Å²) < 4.78 is 0. The quantitative estimate of drug-likeness (QED) is 0.529. The summed E-state index contributed by atoms with van der Waals surface area (Å²) in [6.07, 6.45) is 0. The van der Waals surface area contributed by atoms with Crippen LogP contribution in [-0.2, 0) is 11.5 Å². The Morgan fingerprint density at radius 1 is 1.04 bits per heavy atom. The molecule has 0 saturated heterocycles. The third kappa shape index (κ3) is 3.17. The van der Waals surface area contributed by atoms with Gasteiger partial charge in [0, 0.05) is 21.6 Å². The molecule has 1 aromatic carbocycles. The predicted molar refractivity (Wildman–Crippen MR) is 105 cm³/mol. The fourth-order valence-corrected chi connectivity index (χ4v) is 5.16. The topological polar surface area (TPSA) is 45.8 Å². The number of hydrogen-bond acceptors (Lipinski definition) is 5. The van der Waals surface area contributed by atoms with Gasteiger partial charge in [0.2, 0.25) is 0 Å². The van der Waals surface area contributed by atoms with E-state index < -0.39 is 0 Å². The monoisotopic (exact) mass is 370 g/mol. The van der Waals surface area contributed by atoms with Gasteiger partial charge in [-0.2, -0.15) is 0 Å². The first-order chi connectivity index (χ1) is 11.8. The first-order valence-corrected chi connectivity index (χ1v) is 10.4. The average molecular weight is 371 g/mol. The van der Waals surface area contributed by atoms with E-state index >= 15 is 0 Å². The summed E-state index contributed by atoms with van der Waals surface area (Å²) in [6.45, 7) is 0. The van der Waals surface area contributed by atoms with Gasteiger partial charge < -0.3 is 4.98 Å². The van der Waals surface area contributed by atoms with E-state index in [-0.39, 0.29) is 5.56 Å². The van der Waals surface area contributed by atoms with Crippen molar-refractivity contribution in [3.63, 3.8) is 0 Å². The molecule has 4 rings (SSSR count). The lowest BCUT2D eigenvalue weighted by Gasteiger charge is -2.02. The number of aromatic amines is 1. The first-order valence-electron chi connectivity index (χ1n) is 7.47. The highest BCUT2D eigenvalue weighted by atomic mass is 32.2. The number of aromatic nitrogens is 2. The number of benzene rings is 1. The Labute approximate surface area is 151 Å². The molecule has 0 radical (unpaired) electrons. The van der Waals surface area contributed by atoms with Crippen molar-refractivity contribution in [1.82, 2.24) is 9.97 Å². The molecule has 0 bridgehead atoms. The van der Waals surface area contributed by atoms with Crippen molar-refractivity contribution in [1.29, 1.82) is 0 Å². The minimum atomic E-state index is -0.0417. The van der Waals surface area contributed by atoms with E-state index in [1.165, 1.54) is 16.9 Å². The summed E-state index contributed by atoms with van der Waals surface area (Å²) in [7, 11) is 0. The second-order valence-corrected chi connectivity index (χ2v) is 8.09. The molecule has 1 N–H and O–H groups in total. The number of nitrogens with zero attached hydrogens (tertiary/aromatic N) is 1. The number of thioether (sulfide) groups is 1. The minimum Gasteiger partial charge on any atom is -0.309 e. The Hall–Kier alpha value is -1.89. The minimum absolute atomic E-state index is 0.0417. The molecule has 6 heteroatoms. The highest BCUT2D eigenvalue weighted by Crippen LogP contribution is 2.33. The number of fused-ring (bicyclic) bond motifs is 1. The molecule has 120 valence electrons. The van der Waals surface area contributed by atoms with Gasteiger partial charge in [0.05, 0.1) is 11.1 Å². The second kappa shape index (κ2) is 6.93. The Kier molecular flexibility index (Phi) is 4.51. The lowest BCUT2D eigenvalue weighted by molar-refractivity contribution is 1.05. The van der Waals surface area contributed by atoms with E-state index in [9.17, 15) is 4.79 Å². The van der Waals surface area contributed by atoms with Crippen molar-refractivity contribution in [3.05, 3.63) is 75.0 Å². The number of hydrogen-bond donors (Lipinski definition) is 1. The summed E-state index contributed by atoms with van der Waals surface area (Å²) >= 11 is 4.93. The lowest BCUT2D eigenvalue weighted by atomic mass is 10.2. The highest BCUT2D eigenvalue weighted by Gasteiger charge is 2.13. The van der Waals surface area contributed by atoms with Gasteiger partial charge in [-0.25, -0.2) is 4.98 Å². The zero-order valence-electron chi connectivity index (χ0n) is 12.7. The number of thiophene rings is 2. The average Bonchev–Trinajstić information content (AvgIpc) is 3.25. The molecule has 3 heterocycles. The molecule has 0 fully saturated rings. The Morgan fingerprint density at radius 3 is 2.71 bits per heavy atom. The fourth-order valence-electron chi connectivity index (χ4n) is 2.51. The molecule has 0 aliphatic rings. The van der Waals surface area contributed by atoms with Crippen molar-refractivity contribution in [2.45, 2.75) is 11.5 Å². The molecule has 0 saturated carbocycles. The van der Waals surface area contributed by atoms with E-state index in [0.717, 1.165) is 26.8 Å². The molecule has 24 heavy (non-hydrogen) atoms. The number of rotatable bonds is 5. The van der Waals surface area contributed by atoms with Crippen LogP contribution in [0.3, 0.4) is 0 Å². The molecule has 3 nitrogen and oxygen atoms in total. The summed E-state index contributed by atoms with van der Waals surface area (Å²) in [4.78, 5) is 22.0. The van der Waals surface area contributed by atoms with Gasteiger partial charge >= 0.3 is 0 Å². The van der Waals surface area contributed by atoms with Crippen molar-refractivity contribution < 1.29 is 0 Å². The Bertz CT molecular complexity index is 1000. The molecule has 0 aliphatic heterocycles. The van der Waals surface area contributed by atoms with Gasteiger partial charge in [-0.05, 0) is 17.0 Å². The van der Waals surface area contributed by atoms with E-state index in [2.05, 4.69) is 22.1 Å². The van der Waals surface area contributed by atoms with E-state index in [4.69, 9.17) is 0 Å². The van der Waals surface area contributed by atoms with Gasteiger partial charge in [0.1, 0.15) is 10.7 Å². The summed E-state index contributed by atoms with van der Waals surface area (Å²) in [5.74, 6) is 2.35. The molecule has 3 aromatic heterocycles. The van der Waals surface area contributed by atoms with Gasteiger partial charge in [0.15, 0.2) is 0 Å². The number of H-pyrrole nitrogens is 1. The maximum atomic E-state index is 12.5. The third-order valence-corrected chi connectivity index (χ3v) is 6.42. The van der Waals surface area contributed by atoms with Crippen LogP contribution < -0.4 is 5.56 Å². The summed E-state index contributed by atoms with van der Waals surface area (Å²) in [5, 5.41) is 4.76. The smallest absolute Gasteiger partial charge is 0.260 e. The van der Waals surface area contributed by atoms with Gasteiger partial charge in [0.25, 0.3) is 5.56 Å². The van der Waals surface area contributed by atoms with Gasteiger partial charge in [-0.15, -0.1) is 34.4 Å². The molecule has 0 amide bonds. The molecular weight excluding hydrogens is 356 g/mol. The normalized spacial score (nSPS) is 11.2. The van der Waals surface area contributed by atoms with E-state index in [0.29, 0.717) is 11.1 Å². The zero-order chi connectivity index (χ0) is 16.4. The van der Waals surface area contributed by atoms with Crippen LogP contribution in [0.25, 0.3) is 20.7 Å². The molecule has 0 spiro atoms. The van der Waals surface area contributed by atoms with Crippen LogP contribution in [0.5, 0.6) is 0 Å². The van der Waals surface area contributed by atoms with Crippen molar-refractivity contribution in [3.8, 4) is 10.4 Å². The predicted octanol–water partition coefficient (Wildman–Crippen LogP) is 5.15. The molecule has 0 unspecified atom stereocenters. The third-order valence-electron chi connectivity index (χ3n) is 3.63. The Balaban J connectivity index is 1.56. The van der Waals surface area contributed by atoms with E-state index in [1.807, 2.05) is 41.1 Å². The van der Waals surface area contributed by atoms with Crippen LogP contribution in [-0.4, -0.2) is 9.97 Å². The van der Waals surface area contributed by atoms with Gasteiger partial charge in [-0.3, -0.25) is 4.79 Å². The zero-order valence-corrected chi connectivity index (χ0v) is 15.1. The largest absolute Gasteiger partial charge is 0.309 e. The standard InChI is InChI=1S/C18H14N2OS3/c21-17-16-13(14-7-4-8-23-14)10-24-18(16)20-15(19-17)11-22-9-12-5-2-1-3-6-12/h1-8,10H,9,11H2,(H,19,20,21). The second-order valence-electron chi connectivity index (χ2n) is 5.30. The molecule has 0 atom stereocenters. The van der Waals surface area contributed by atoms with Crippen LogP contribution in [0.2, 0.25) is 0 Å². The maximum absolute atomic E-state index is 12.5. The SMILES string of the molecule is O=c1[nH]c(CSCc2ccccc2)nc2scc(-c3cccs3)c12. The van der Waals surface area contributed by atoms with Gasteiger partial charge in [-0.1, -0.05) is 36.4 Å². The van der Waals surface area contributed by atoms with Crippen LogP contribution in [0.15, 0.2) is 58.0 Å². The molecular formula is C18H14N2OS3. The van der Waals surface area contributed by atoms with Crippen molar-refractivity contribution >= 4 is 44.7 Å². The van der Waals surface area contributed by atoms with Crippen LogP contribution in [0.4, 0.5) is 0 Å². The fraction of sp³-hybridized carbons (Fsp3) is 0.111. The summed E-state index contributed by atoms with van der Waals surface area (Å²) in [6, 6.07) is 14.4. The molecule has 4 aromatic rings. The first kappa shape index (κ1) is 15.6. The summed E-state index contributed by atoms with van der Waals surface area (Å²) in [5.41, 5.74) is 2.23. The van der Waals surface area contributed by atoms with E-state index in [1.54, 1.807) is 23.1 Å². The van der Waals surface area contributed by atoms with Crippen LogP contribution in [0.1, 0.15) is 11.4 Å². The lowest BCUT2D eigenvalue weighted by Crippen LogP contribution is -2.10. The Morgan fingerprint density at radius 2 is 1.92 bits per heavy atom. The van der Waals surface area contributed by atoms with Crippen molar-refractivity contribution in [2.24, 2.45) is 0 Å². The van der Waals surface area contributed by atoms with Crippen LogP contribution >= 0.6 is 34.4 Å². The highest BCUT2D eigenvalue weighted by molar-refractivity contribution is 7.97. The molecule has 0 aliphatic carbocycles.